The van der Waals surface area contributed by atoms with Crippen molar-refractivity contribution in [3.8, 4) is 5.75 Å². The zero-order valence-electron chi connectivity index (χ0n) is 9.74. The van der Waals surface area contributed by atoms with Crippen LogP contribution in [0.1, 0.15) is 21.5 Å². The third kappa shape index (κ3) is 2.73. The zero-order chi connectivity index (χ0) is 12.1. The number of methoxy groups -OCH3 is 2. The summed E-state index contributed by atoms with van der Waals surface area (Å²) in [6.45, 7) is 2.25. The molecule has 0 unspecified atom stereocenters. The first-order valence-corrected chi connectivity index (χ1v) is 5.00. The van der Waals surface area contributed by atoms with Crippen molar-refractivity contribution in [2.75, 3.05) is 20.8 Å². The third-order valence-electron chi connectivity index (χ3n) is 2.38. The van der Waals surface area contributed by atoms with Gasteiger partial charge in [0.05, 0.1) is 19.3 Å². The van der Waals surface area contributed by atoms with Gasteiger partial charge in [-0.15, -0.1) is 0 Å². The molecule has 1 rings (SSSR count). The van der Waals surface area contributed by atoms with Crippen molar-refractivity contribution in [1.29, 1.82) is 0 Å². The van der Waals surface area contributed by atoms with E-state index in [0.717, 1.165) is 0 Å². The van der Waals surface area contributed by atoms with Gasteiger partial charge in [-0.05, 0) is 36.6 Å². The van der Waals surface area contributed by atoms with Gasteiger partial charge in [-0.2, -0.15) is 0 Å². The van der Waals surface area contributed by atoms with Gasteiger partial charge >= 0.3 is 5.97 Å². The van der Waals surface area contributed by atoms with Crippen LogP contribution in [0, 0.1) is 6.92 Å². The highest BCUT2D eigenvalue weighted by molar-refractivity contribution is 5.90. The van der Waals surface area contributed by atoms with E-state index in [0.29, 0.717) is 29.7 Å². The second kappa shape index (κ2) is 5.51. The minimum atomic E-state index is -0.401. The molecule has 0 fully saturated rings. The molecule has 0 atom stereocenters. The van der Waals surface area contributed by atoms with E-state index >= 15 is 0 Å². The summed E-state index contributed by atoms with van der Waals surface area (Å²) in [5.74, 6) is -0.188. The number of benzene rings is 1. The second-order valence-electron chi connectivity index (χ2n) is 3.54. The normalized spacial score (nSPS) is 10.2. The molecule has 1 aromatic carbocycles. The largest absolute Gasteiger partial charge is 0.507 e. The standard InChI is InChI=1S/C12H16O4/c1-8-6-10(12(14)16-3)7-9(11(8)13)4-5-15-2/h6-7,13H,4-5H2,1-3H3. The Bertz CT molecular complexity index is 385. The first kappa shape index (κ1) is 12.5. The van der Waals surface area contributed by atoms with Crippen LogP contribution in [0.5, 0.6) is 5.75 Å². The fourth-order valence-electron chi connectivity index (χ4n) is 1.49. The SMILES string of the molecule is COCCc1cc(C(=O)OC)cc(C)c1O. The van der Waals surface area contributed by atoms with Crippen LogP contribution in [0.2, 0.25) is 0 Å². The number of phenolic OH excluding ortho intramolecular Hbond substituents is 1. The molecule has 0 aromatic heterocycles. The molecule has 0 spiro atoms. The molecule has 0 radical (unpaired) electrons. The number of phenols is 1. The molecule has 0 heterocycles. The molecule has 4 heteroatoms. The van der Waals surface area contributed by atoms with Gasteiger partial charge in [-0.3, -0.25) is 0 Å². The quantitative estimate of drug-likeness (QED) is 0.790. The Balaban J connectivity index is 3.06. The van der Waals surface area contributed by atoms with Crippen LogP contribution in [0.25, 0.3) is 0 Å². The van der Waals surface area contributed by atoms with Crippen molar-refractivity contribution in [3.05, 3.63) is 28.8 Å². The summed E-state index contributed by atoms with van der Waals surface area (Å²) < 4.78 is 9.58. The molecule has 1 aromatic rings. The van der Waals surface area contributed by atoms with Crippen LogP contribution in [0.15, 0.2) is 12.1 Å². The highest BCUT2D eigenvalue weighted by atomic mass is 16.5. The Morgan fingerprint density at radius 3 is 2.62 bits per heavy atom. The monoisotopic (exact) mass is 224 g/mol. The van der Waals surface area contributed by atoms with E-state index in [1.54, 1.807) is 26.2 Å². The van der Waals surface area contributed by atoms with E-state index in [9.17, 15) is 9.90 Å². The van der Waals surface area contributed by atoms with Crippen LogP contribution in [0.4, 0.5) is 0 Å². The van der Waals surface area contributed by atoms with Gasteiger partial charge in [0.2, 0.25) is 0 Å². The number of aromatic hydroxyl groups is 1. The molecular weight excluding hydrogens is 208 g/mol. The molecule has 0 saturated heterocycles. The summed E-state index contributed by atoms with van der Waals surface area (Å²) >= 11 is 0. The minimum absolute atomic E-state index is 0.213. The average molecular weight is 224 g/mol. The molecule has 0 amide bonds. The lowest BCUT2D eigenvalue weighted by Crippen LogP contribution is -2.04. The zero-order valence-corrected chi connectivity index (χ0v) is 9.74. The molecule has 4 nitrogen and oxygen atoms in total. The predicted molar refractivity (Wildman–Crippen MR) is 59.8 cm³/mol. The third-order valence-corrected chi connectivity index (χ3v) is 2.38. The van der Waals surface area contributed by atoms with Crippen molar-refractivity contribution in [1.82, 2.24) is 0 Å². The van der Waals surface area contributed by atoms with Gasteiger partial charge in [0, 0.05) is 7.11 Å². The first-order valence-electron chi connectivity index (χ1n) is 5.00. The van der Waals surface area contributed by atoms with Crippen molar-refractivity contribution < 1.29 is 19.4 Å². The van der Waals surface area contributed by atoms with Gasteiger partial charge in [0.15, 0.2) is 0 Å². The summed E-state index contributed by atoms with van der Waals surface area (Å²) in [6, 6.07) is 3.24. The number of carbonyl (C=O) groups is 1. The second-order valence-corrected chi connectivity index (χ2v) is 3.54. The summed E-state index contributed by atoms with van der Waals surface area (Å²) in [7, 11) is 2.92. The highest BCUT2D eigenvalue weighted by Crippen LogP contribution is 2.24. The van der Waals surface area contributed by atoms with E-state index in [2.05, 4.69) is 4.74 Å². The molecule has 0 aliphatic rings. The predicted octanol–water partition coefficient (Wildman–Crippen LogP) is 1.68. The maximum Gasteiger partial charge on any atom is 0.337 e. The molecule has 88 valence electrons. The van der Waals surface area contributed by atoms with Gasteiger partial charge in [-0.25, -0.2) is 4.79 Å². The number of hydrogen-bond acceptors (Lipinski definition) is 4. The molecule has 0 aliphatic heterocycles. The number of hydrogen-bond donors (Lipinski definition) is 1. The lowest BCUT2D eigenvalue weighted by molar-refractivity contribution is 0.0600. The summed E-state index contributed by atoms with van der Waals surface area (Å²) in [6.07, 6.45) is 0.563. The fourth-order valence-corrected chi connectivity index (χ4v) is 1.49. The molecule has 1 N–H and O–H groups in total. The van der Waals surface area contributed by atoms with E-state index in [-0.39, 0.29) is 5.75 Å². The van der Waals surface area contributed by atoms with Crippen molar-refractivity contribution in [2.24, 2.45) is 0 Å². The number of esters is 1. The summed E-state index contributed by atoms with van der Waals surface area (Å²) in [5.41, 5.74) is 1.81. The lowest BCUT2D eigenvalue weighted by Gasteiger charge is -2.09. The van der Waals surface area contributed by atoms with E-state index in [1.165, 1.54) is 7.11 Å². The Morgan fingerprint density at radius 1 is 1.38 bits per heavy atom. The van der Waals surface area contributed by atoms with Crippen LogP contribution in [0.3, 0.4) is 0 Å². The summed E-state index contributed by atoms with van der Waals surface area (Å²) in [4.78, 5) is 11.4. The molecule has 0 bridgehead atoms. The van der Waals surface area contributed by atoms with Gasteiger partial charge in [-0.1, -0.05) is 0 Å². The molecular formula is C12H16O4. The molecule has 0 aliphatic carbocycles. The van der Waals surface area contributed by atoms with E-state index in [4.69, 9.17) is 4.74 Å². The van der Waals surface area contributed by atoms with Crippen LogP contribution >= 0.6 is 0 Å². The van der Waals surface area contributed by atoms with Crippen molar-refractivity contribution in [2.45, 2.75) is 13.3 Å². The number of carbonyl (C=O) groups excluding carboxylic acids is 1. The van der Waals surface area contributed by atoms with Crippen molar-refractivity contribution >= 4 is 5.97 Å². The van der Waals surface area contributed by atoms with Crippen LogP contribution < -0.4 is 0 Å². The molecule has 16 heavy (non-hydrogen) atoms. The van der Waals surface area contributed by atoms with E-state index < -0.39 is 5.97 Å². The Hall–Kier alpha value is -1.55. The number of aryl methyl sites for hydroxylation is 1. The van der Waals surface area contributed by atoms with Gasteiger partial charge in [0.25, 0.3) is 0 Å². The summed E-state index contributed by atoms with van der Waals surface area (Å²) in [5, 5.41) is 9.80. The smallest absolute Gasteiger partial charge is 0.337 e. The lowest BCUT2D eigenvalue weighted by atomic mass is 10.0. The van der Waals surface area contributed by atoms with Crippen LogP contribution in [-0.2, 0) is 15.9 Å². The fraction of sp³-hybridized carbons (Fsp3) is 0.417. The van der Waals surface area contributed by atoms with Gasteiger partial charge in [0.1, 0.15) is 5.75 Å². The minimum Gasteiger partial charge on any atom is -0.507 e. The van der Waals surface area contributed by atoms with E-state index in [1.807, 2.05) is 0 Å². The first-order chi connectivity index (χ1) is 7.60. The topological polar surface area (TPSA) is 55.8 Å². The Kier molecular flexibility index (Phi) is 4.31. The van der Waals surface area contributed by atoms with Crippen molar-refractivity contribution in [3.63, 3.8) is 0 Å². The average Bonchev–Trinajstić information content (AvgIpc) is 2.29. The number of ether oxygens (including phenoxy) is 2. The van der Waals surface area contributed by atoms with Gasteiger partial charge < -0.3 is 14.6 Å². The maximum atomic E-state index is 11.4. The Labute approximate surface area is 94.8 Å². The number of rotatable bonds is 4. The Morgan fingerprint density at radius 2 is 2.06 bits per heavy atom. The molecule has 0 saturated carbocycles. The maximum absolute atomic E-state index is 11.4. The highest BCUT2D eigenvalue weighted by Gasteiger charge is 2.12. The van der Waals surface area contributed by atoms with Crippen LogP contribution in [-0.4, -0.2) is 31.9 Å².